The standard InChI is InChI=1S/C16H13BrClNO2/c17-13-4-2-1-3-11(13)15(18)10-5-6-14-12(9-10)16(20)19-7-8-21-14/h1-6,9,15H,7-8H2,(H,19,20). The molecule has 1 aliphatic heterocycles. The first-order valence-corrected chi connectivity index (χ1v) is 7.83. The number of hydrogen-bond acceptors (Lipinski definition) is 2. The molecule has 0 aromatic heterocycles. The molecule has 2 aromatic rings. The largest absolute Gasteiger partial charge is 0.491 e. The molecule has 0 bridgehead atoms. The minimum atomic E-state index is -0.332. The van der Waals surface area contributed by atoms with Crippen molar-refractivity contribution in [1.29, 1.82) is 0 Å². The second-order valence-corrected chi connectivity index (χ2v) is 6.03. The highest BCUT2D eigenvalue weighted by Gasteiger charge is 2.20. The van der Waals surface area contributed by atoms with E-state index in [9.17, 15) is 4.79 Å². The van der Waals surface area contributed by atoms with E-state index in [1.165, 1.54) is 0 Å². The SMILES string of the molecule is O=C1NCCOc2ccc(C(Cl)c3ccccc3Br)cc21. The van der Waals surface area contributed by atoms with Gasteiger partial charge in [0.1, 0.15) is 12.4 Å². The summed E-state index contributed by atoms with van der Waals surface area (Å²) in [5.74, 6) is 0.477. The van der Waals surface area contributed by atoms with E-state index in [4.69, 9.17) is 16.3 Å². The summed E-state index contributed by atoms with van der Waals surface area (Å²) in [5.41, 5.74) is 2.36. The van der Waals surface area contributed by atoms with E-state index in [1.807, 2.05) is 36.4 Å². The van der Waals surface area contributed by atoms with Crippen LogP contribution in [0.5, 0.6) is 5.75 Å². The van der Waals surface area contributed by atoms with Crippen LogP contribution in [0, 0.1) is 0 Å². The number of amides is 1. The van der Waals surface area contributed by atoms with Gasteiger partial charge in [-0.25, -0.2) is 0 Å². The number of carbonyl (C=O) groups excluding carboxylic acids is 1. The molecule has 1 atom stereocenters. The van der Waals surface area contributed by atoms with Gasteiger partial charge in [0, 0.05) is 4.47 Å². The van der Waals surface area contributed by atoms with Gasteiger partial charge in [-0.1, -0.05) is 40.2 Å². The minimum absolute atomic E-state index is 0.125. The van der Waals surface area contributed by atoms with Crippen LogP contribution in [0.1, 0.15) is 26.9 Å². The predicted molar refractivity (Wildman–Crippen MR) is 86.1 cm³/mol. The average molecular weight is 367 g/mol. The lowest BCUT2D eigenvalue weighted by Gasteiger charge is -2.14. The normalized spacial score (nSPS) is 15.4. The Morgan fingerprint density at radius 2 is 2.05 bits per heavy atom. The average Bonchev–Trinajstić information content (AvgIpc) is 2.69. The Hall–Kier alpha value is -1.52. The zero-order valence-corrected chi connectivity index (χ0v) is 13.4. The molecule has 0 radical (unpaired) electrons. The van der Waals surface area contributed by atoms with E-state index in [0.29, 0.717) is 24.5 Å². The van der Waals surface area contributed by atoms with Crippen LogP contribution < -0.4 is 10.1 Å². The van der Waals surface area contributed by atoms with Crippen molar-refractivity contribution in [2.75, 3.05) is 13.2 Å². The summed E-state index contributed by atoms with van der Waals surface area (Å²) in [6.45, 7) is 0.990. The fraction of sp³-hybridized carbons (Fsp3) is 0.188. The molecular weight excluding hydrogens is 354 g/mol. The zero-order chi connectivity index (χ0) is 14.8. The molecule has 3 rings (SSSR count). The fourth-order valence-corrected chi connectivity index (χ4v) is 3.26. The van der Waals surface area contributed by atoms with E-state index < -0.39 is 0 Å². The molecule has 1 heterocycles. The van der Waals surface area contributed by atoms with E-state index >= 15 is 0 Å². The molecule has 5 heteroatoms. The van der Waals surface area contributed by atoms with Crippen LogP contribution >= 0.6 is 27.5 Å². The van der Waals surface area contributed by atoms with Crippen molar-refractivity contribution in [2.24, 2.45) is 0 Å². The molecule has 3 nitrogen and oxygen atoms in total. The predicted octanol–water partition coefficient (Wildman–Crippen LogP) is 3.90. The van der Waals surface area contributed by atoms with Crippen molar-refractivity contribution in [2.45, 2.75) is 5.38 Å². The van der Waals surface area contributed by atoms with Crippen molar-refractivity contribution >= 4 is 33.4 Å². The fourth-order valence-electron chi connectivity index (χ4n) is 2.29. The van der Waals surface area contributed by atoms with Gasteiger partial charge in [-0.15, -0.1) is 11.6 Å². The van der Waals surface area contributed by atoms with Crippen molar-refractivity contribution in [3.8, 4) is 5.75 Å². The minimum Gasteiger partial charge on any atom is -0.491 e. The first-order valence-electron chi connectivity index (χ1n) is 6.60. The van der Waals surface area contributed by atoms with Gasteiger partial charge in [-0.3, -0.25) is 4.79 Å². The monoisotopic (exact) mass is 365 g/mol. The van der Waals surface area contributed by atoms with Crippen molar-refractivity contribution in [3.63, 3.8) is 0 Å². The number of fused-ring (bicyclic) bond motifs is 1. The van der Waals surface area contributed by atoms with Gasteiger partial charge >= 0.3 is 0 Å². The highest BCUT2D eigenvalue weighted by molar-refractivity contribution is 9.10. The molecule has 21 heavy (non-hydrogen) atoms. The summed E-state index contributed by atoms with van der Waals surface area (Å²) in [6.07, 6.45) is 0. The maximum atomic E-state index is 12.0. The molecule has 1 amide bonds. The zero-order valence-electron chi connectivity index (χ0n) is 11.1. The number of rotatable bonds is 2. The van der Waals surface area contributed by atoms with Gasteiger partial charge in [0.05, 0.1) is 17.5 Å². The Kier molecular flexibility index (Phi) is 4.17. The van der Waals surface area contributed by atoms with E-state index in [2.05, 4.69) is 21.2 Å². The smallest absolute Gasteiger partial charge is 0.255 e. The van der Waals surface area contributed by atoms with Gasteiger partial charge in [-0.2, -0.15) is 0 Å². The molecule has 0 spiro atoms. The highest BCUT2D eigenvalue weighted by atomic mass is 79.9. The second kappa shape index (κ2) is 6.08. The number of ether oxygens (including phenoxy) is 1. The Bertz CT molecular complexity index is 690. The van der Waals surface area contributed by atoms with Crippen molar-refractivity contribution in [1.82, 2.24) is 5.32 Å². The Morgan fingerprint density at radius 1 is 1.24 bits per heavy atom. The van der Waals surface area contributed by atoms with E-state index in [0.717, 1.165) is 15.6 Å². The van der Waals surface area contributed by atoms with Crippen molar-refractivity contribution < 1.29 is 9.53 Å². The van der Waals surface area contributed by atoms with Crippen LogP contribution in [0.3, 0.4) is 0 Å². The molecule has 1 N–H and O–H groups in total. The number of hydrogen-bond donors (Lipinski definition) is 1. The topological polar surface area (TPSA) is 38.3 Å². The quantitative estimate of drug-likeness (QED) is 0.819. The Morgan fingerprint density at radius 3 is 2.86 bits per heavy atom. The van der Waals surface area contributed by atoms with Gasteiger partial charge in [0.25, 0.3) is 5.91 Å². The van der Waals surface area contributed by atoms with Crippen LogP contribution in [0.15, 0.2) is 46.9 Å². The maximum absolute atomic E-state index is 12.0. The number of nitrogens with one attached hydrogen (secondary N) is 1. The lowest BCUT2D eigenvalue weighted by atomic mass is 10.0. The Labute approximate surface area is 136 Å². The molecule has 1 unspecified atom stereocenters. The summed E-state index contributed by atoms with van der Waals surface area (Å²) in [7, 11) is 0. The Balaban J connectivity index is 2.00. The van der Waals surface area contributed by atoms with Gasteiger partial charge < -0.3 is 10.1 Å². The van der Waals surface area contributed by atoms with Crippen LogP contribution in [0.2, 0.25) is 0 Å². The third kappa shape index (κ3) is 2.92. The molecule has 108 valence electrons. The first kappa shape index (κ1) is 14.4. The molecular formula is C16H13BrClNO2. The molecule has 0 fully saturated rings. The third-order valence-electron chi connectivity index (χ3n) is 3.36. The lowest BCUT2D eigenvalue weighted by Crippen LogP contribution is -2.24. The third-order valence-corrected chi connectivity index (χ3v) is 4.57. The molecule has 0 saturated carbocycles. The van der Waals surface area contributed by atoms with Crippen LogP contribution in [-0.4, -0.2) is 19.1 Å². The maximum Gasteiger partial charge on any atom is 0.255 e. The molecule has 0 saturated heterocycles. The summed E-state index contributed by atoms with van der Waals surface area (Å²) in [6, 6.07) is 13.3. The summed E-state index contributed by atoms with van der Waals surface area (Å²) in [5, 5.41) is 2.47. The summed E-state index contributed by atoms with van der Waals surface area (Å²) < 4.78 is 6.49. The van der Waals surface area contributed by atoms with Crippen LogP contribution in [-0.2, 0) is 0 Å². The van der Waals surface area contributed by atoms with E-state index in [-0.39, 0.29) is 11.3 Å². The van der Waals surface area contributed by atoms with Crippen molar-refractivity contribution in [3.05, 3.63) is 63.6 Å². The highest BCUT2D eigenvalue weighted by Crippen LogP contribution is 2.35. The van der Waals surface area contributed by atoms with Gasteiger partial charge in [-0.05, 0) is 29.3 Å². The first-order chi connectivity index (χ1) is 10.2. The molecule has 0 aliphatic carbocycles. The number of alkyl halides is 1. The van der Waals surface area contributed by atoms with Gasteiger partial charge in [0.2, 0.25) is 0 Å². The van der Waals surface area contributed by atoms with Crippen LogP contribution in [0.4, 0.5) is 0 Å². The number of carbonyl (C=O) groups is 1. The molecule has 1 aliphatic rings. The summed E-state index contributed by atoms with van der Waals surface area (Å²) in [4.78, 5) is 12.0. The van der Waals surface area contributed by atoms with Gasteiger partial charge in [0.15, 0.2) is 0 Å². The number of benzene rings is 2. The number of halogens is 2. The molecule has 2 aromatic carbocycles. The second-order valence-electron chi connectivity index (χ2n) is 4.74. The lowest BCUT2D eigenvalue weighted by molar-refractivity contribution is 0.0957. The van der Waals surface area contributed by atoms with Crippen LogP contribution in [0.25, 0.3) is 0 Å². The van der Waals surface area contributed by atoms with E-state index in [1.54, 1.807) is 6.07 Å². The summed E-state index contributed by atoms with van der Waals surface area (Å²) >= 11 is 10.1.